The first-order chi connectivity index (χ1) is 71.0. The number of nitrogens with zero attached hydrogens (tertiary/aromatic N) is 21. The molecule has 2 fully saturated rings. The maximum atomic E-state index is 12.1. The molecule has 49 heteroatoms. The highest BCUT2D eigenvalue weighted by atomic mass is 32.2. The van der Waals surface area contributed by atoms with Crippen LogP contribution in [-0.4, -0.2) is 247 Å². The molecule has 0 bridgehead atoms. The highest BCUT2D eigenvalue weighted by Crippen LogP contribution is 2.43. The Morgan fingerprint density at radius 2 is 0.560 bits per heavy atom. The summed E-state index contributed by atoms with van der Waals surface area (Å²) in [5, 5.41) is 97.0. The summed E-state index contributed by atoms with van der Waals surface area (Å²) in [5.41, 5.74) is 15.5. The molecule has 2 saturated carbocycles. The summed E-state index contributed by atoms with van der Waals surface area (Å²) < 4.78 is 169. The Balaban J connectivity index is 0.000000146. The fourth-order valence-electron chi connectivity index (χ4n) is 17.9. The zero-order chi connectivity index (χ0) is 108. The number of H-pyrrole nitrogens is 7. The Morgan fingerprint density at radius 3 is 0.907 bits per heavy atom. The Morgan fingerprint density at radius 1 is 0.273 bits per heavy atom. The van der Waals surface area contributed by atoms with Gasteiger partial charge in [-0.15, -0.1) is 71.4 Å². The molecule has 0 aliphatic heterocycles. The van der Waals surface area contributed by atoms with E-state index in [1.807, 2.05) is 150 Å². The average molecular weight is 2170 g/mol. The first kappa shape index (κ1) is 113. The SMILES string of the molecule is CC(C)(C)Cc1cccc(S(C)(=O)=O)c1-c1nn[nH]n1.CC(C)(C)c1cccc(S(C)(=O)=O)c1-c1nn[nH]n1.CS(=O)(=O)c1cccc(C2CCCC2)c1-c1nn[nH]n1.CS(=O)(=O)c1cccc(CCC2CCCCC2)c1-c1nn[nH]n1.CS(=O)(=O)c1cccc(Cc2ccccc2)c1-c1nn[nH]n1.Cc1ccc(Cc2cccc(S(C)(=O)=O)c2-c2nn[nH]n2)cc1.Cc1cccc(Cc2cccc(S(C)(=O)=O)c2-c2nn[nH]n2)c1. The number of hydrogen-bond acceptors (Lipinski definition) is 35. The highest BCUT2D eigenvalue weighted by Gasteiger charge is 2.33. The molecule has 10 aromatic carbocycles. The van der Waals surface area contributed by atoms with E-state index in [0.29, 0.717) is 87.4 Å². The molecule has 2 aliphatic rings. The van der Waals surface area contributed by atoms with Crippen LogP contribution in [0.1, 0.15) is 178 Å². The van der Waals surface area contributed by atoms with Gasteiger partial charge in [0.15, 0.2) is 68.9 Å². The number of tetrazole rings is 7. The van der Waals surface area contributed by atoms with Crippen molar-refractivity contribution in [2.24, 2.45) is 11.3 Å². The van der Waals surface area contributed by atoms with Gasteiger partial charge in [-0.05, 0) is 222 Å². The van der Waals surface area contributed by atoms with Crippen LogP contribution >= 0.6 is 0 Å². The first-order valence-corrected chi connectivity index (χ1v) is 60.8. The second-order valence-electron chi connectivity index (χ2n) is 38.9. The molecule has 0 amide bonds. The first-order valence-electron chi connectivity index (χ1n) is 47.6. The number of hydrogen-bond donors (Lipinski definition) is 7. The Labute approximate surface area is 871 Å². The predicted molar refractivity (Wildman–Crippen MR) is 564 cm³/mol. The zero-order valence-electron chi connectivity index (χ0n) is 85.4. The second-order valence-corrected chi connectivity index (χ2v) is 52.8. The van der Waals surface area contributed by atoms with Crippen molar-refractivity contribution in [2.45, 2.75) is 197 Å². The van der Waals surface area contributed by atoms with Gasteiger partial charge < -0.3 is 0 Å². The van der Waals surface area contributed by atoms with Crippen LogP contribution in [0.15, 0.2) is 241 Å². The fraction of sp³-hybridized carbons (Fsp3) is 0.337. The second kappa shape index (κ2) is 48.8. The molecule has 150 heavy (non-hydrogen) atoms. The maximum absolute atomic E-state index is 12.1. The fourth-order valence-corrected chi connectivity index (χ4v) is 24.3. The van der Waals surface area contributed by atoms with Gasteiger partial charge in [0.25, 0.3) is 0 Å². The van der Waals surface area contributed by atoms with Crippen LogP contribution in [0.2, 0.25) is 0 Å². The van der Waals surface area contributed by atoms with E-state index in [1.165, 1.54) is 94.3 Å². The van der Waals surface area contributed by atoms with E-state index in [2.05, 4.69) is 171 Å². The third-order valence-electron chi connectivity index (χ3n) is 24.5. The van der Waals surface area contributed by atoms with Gasteiger partial charge >= 0.3 is 0 Å². The van der Waals surface area contributed by atoms with Crippen LogP contribution in [-0.2, 0) is 106 Å². The van der Waals surface area contributed by atoms with Gasteiger partial charge in [-0.3, -0.25) is 0 Å². The van der Waals surface area contributed by atoms with E-state index in [0.717, 1.165) is 99.2 Å². The summed E-state index contributed by atoms with van der Waals surface area (Å²) in [5.74, 6) is 3.29. The molecule has 17 aromatic rings. The van der Waals surface area contributed by atoms with Crippen molar-refractivity contribution < 1.29 is 58.9 Å². The lowest BCUT2D eigenvalue weighted by Gasteiger charge is -2.23. The number of aromatic amines is 7. The van der Waals surface area contributed by atoms with Crippen molar-refractivity contribution in [3.63, 3.8) is 0 Å². The quantitative estimate of drug-likeness (QED) is 0.0279. The molecule has 0 saturated heterocycles. The minimum absolute atomic E-state index is 0.0224. The van der Waals surface area contributed by atoms with Gasteiger partial charge in [0.05, 0.1) is 34.3 Å². The van der Waals surface area contributed by atoms with Crippen LogP contribution in [0.3, 0.4) is 0 Å². The van der Waals surface area contributed by atoms with Crippen molar-refractivity contribution in [1.82, 2.24) is 144 Å². The summed E-state index contributed by atoms with van der Waals surface area (Å²) in [6.07, 6.45) is 23.8. The normalized spacial score (nSPS) is 13.3. The van der Waals surface area contributed by atoms with E-state index < -0.39 is 68.9 Å². The smallest absolute Gasteiger partial charge is 0.206 e. The third kappa shape index (κ3) is 30.4. The Kier molecular flexibility index (Phi) is 36.6. The molecule has 0 atom stereocenters. The molecule has 7 N–H and O–H groups in total. The highest BCUT2D eigenvalue weighted by molar-refractivity contribution is 7.92. The topological polar surface area (TPSA) is 620 Å². The van der Waals surface area contributed by atoms with Gasteiger partial charge in [-0.25, -0.2) is 58.9 Å². The van der Waals surface area contributed by atoms with E-state index in [4.69, 9.17) is 0 Å². The van der Waals surface area contributed by atoms with Crippen LogP contribution in [0.4, 0.5) is 0 Å². The minimum atomic E-state index is -3.40. The largest absolute Gasteiger partial charge is 0.224 e. The molecule has 7 aromatic heterocycles. The van der Waals surface area contributed by atoms with E-state index in [9.17, 15) is 58.9 Å². The summed E-state index contributed by atoms with van der Waals surface area (Å²) in [7, 11) is -23.6. The van der Waals surface area contributed by atoms with Gasteiger partial charge in [-0.1, -0.05) is 261 Å². The van der Waals surface area contributed by atoms with Crippen molar-refractivity contribution in [2.75, 3.05) is 43.8 Å². The average Bonchev–Trinajstić information content (AvgIpc) is 1.62. The van der Waals surface area contributed by atoms with Crippen molar-refractivity contribution in [1.29, 1.82) is 0 Å². The monoisotopic (exact) mass is 2170 g/mol. The molecular formula is C101H118N28O14S7. The molecule has 0 radical (unpaired) electrons. The maximum Gasteiger partial charge on any atom is 0.206 e. The van der Waals surface area contributed by atoms with Gasteiger partial charge in [-0.2, -0.15) is 36.5 Å². The zero-order valence-corrected chi connectivity index (χ0v) is 91.1. The van der Waals surface area contributed by atoms with Crippen molar-refractivity contribution in [3.05, 3.63) is 273 Å². The summed E-state index contributed by atoms with van der Waals surface area (Å²) in [4.78, 5) is 1.65. The molecular weight excluding hydrogens is 2050 g/mol. The number of sulfone groups is 7. The number of aromatic nitrogens is 28. The van der Waals surface area contributed by atoms with E-state index >= 15 is 0 Å². The van der Waals surface area contributed by atoms with E-state index in [1.54, 1.807) is 84.9 Å². The van der Waals surface area contributed by atoms with Gasteiger partial charge in [0.1, 0.15) is 0 Å². The van der Waals surface area contributed by atoms with Crippen molar-refractivity contribution >= 4 is 68.9 Å². The van der Waals surface area contributed by atoms with E-state index in [-0.39, 0.29) is 62.6 Å². The molecule has 0 unspecified atom stereocenters. The third-order valence-corrected chi connectivity index (χ3v) is 32.5. The molecule has 788 valence electrons. The number of aryl methyl sites for hydroxylation is 3. The van der Waals surface area contributed by atoms with Gasteiger partial charge in [0, 0.05) is 82.7 Å². The summed E-state index contributed by atoms with van der Waals surface area (Å²) >= 11 is 0. The number of rotatable bonds is 25. The molecule has 42 nitrogen and oxygen atoms in total. The lowest BCUT2D eigenvalue weighted by molar-refractivity contribution is 0.339. The lowest BCUT2D eigenvalue weighted by Crippen LogP contribution is -2.15. The van der Waals surface area contributed by atoms with Gasteiger partial charge in [0.2, 0.25) is 40.8 Å². The number of nitrogens with one attached hydrogen (secondary N) is 7. The lowest BCUT2D eigenvalue weighted by atomic mass is 9.83. The van der Waals surface area contributed by atoms with Crippen LogP contribution in [0.25, 0.3) is 79.7 Å². The van der Waals surface area contributed by atoms with Crippen LogP contribution in [0.5, 0.6) is 0 Å². The molecule has 19 rings (SSSR count). The standard InChI is InChI=1S/2C16H16N4O2S.C16H22N4O2S.C15H14N4O2S.C13H16N4O2S.C13H18N4O2S.C12H16N4O2S/c1-11-5-3-6-12(9-11)10-13-7-4-8-14(23(2,21)22)15(13)16-17-19-20-18-16;1-11-6-8-12(9-7-11)10-13-4-3-5-14(23(2,21)22)15(13)16-17-19-20-18-16;1-23(21,22)14-9-5-8-13(15(14)16-17-19-20-18-16)11-10-12-6-3-2-4-7-12;1-22(20,21)13-9-5-8-12(10-11-6-3-2-4-7-11)14(13)15-16-18-19-17-15;1-20(18,19)11-8-4-7-10(9-5-2-3-6-9)12(11)13-14-16-17-15-13;1-13(2,3)8-9-6-5-7-10(20(4,18)19)11(9)12-14-16-17-15-12;1-12(2,3)8-6-5-7-9(19(4,17)18)10(8)11-13-15-16-14-11/h2*3-9H,10H2,1-2H3,(H,17,18,19,20);5,8-9,12H,2-4,6-7,10-11H2,1H3,(H,17,18,19,20);2-9H,10H2,1H3,(H,16,17,18,19);4,7-9H,2-3,5-6H2,1H3,(H,14,15,16,17);5-7H,8H2,1-4H3,(H,14,15,16,17);5-7H,1-4H3,(H,13,14,15,16). The molecule has 2 aliphatic carbocycles. The summed E-state index contributed by atoms with van der Waals surface area (Å²) in [6, 6.07) is 62.8. The van der Waals surface area contributed by atoms with Crippen molar-refractivity contribution in [3.8, 4) is 79.7 Å². The van der Waals surface area contributed by atoms with Crippen LogP contribution < -0.4 is 0 Å². The van der Waals surface area contributed by atoms with Crippen LogP contribution in [0, 0.1) is 25.2 Å². The Bertz CT molecular complexity index is 8290. The molecule has 0 spiro atoms. The summed E-state index contributed by atoms with van der Waals surface area (Å²) in [6.45, 7) is 16.4. The Hall–Kier alpha value is -14.7. The number of benzene rings is 10. The molecule has 7 heterocycles. The predicted octanol–water partition coefficient (Wildman–Crippen LogP) is 14.3. The minimum Gasteiger partial charge on any atom is -0.224 e.